The fourth-order valence-electron chi connectivity index (χ4n) is 2.66. The van der Waals surface area contributed by atoms with E-state index in [0.717, 1.165) is 12.0 Å². The van der Waals surface area contributed by atoms with Gasteiger partial charge in [-0.25, -0.2) is 8.42 Å². The van der Waals surface area contributed by atoms with E-state index in [9.17, 15) is 13.2 Å². The van der Waals surface area contributed by atoms with Crippen LogP contribution in [0, 0.1) is 6.92 Å². The lowest BCUT2D eigenvalue weighted by Crippen LogP contribution is -2.41. The van der Waals surface area contributed by atoms with E-state index < -0.39 is 9.84 Å². The number of benzene rings is 1. The molecule has 0 aliphatic carbocycles. The number of nitrogens with zero attached hydrogens (tertiary/aromatic N) is 1. The molecule has 0 spiro atoms. The highest BCUT2D eigenvalue weighted by Gasteiger charge is 2.34. The lowest BCUT2D eigenvalue weighted by molar-refractivity contribution is 0.0697. The van der Waals surface area contributed by atoms with Gasteiger partial charge in [-0.15, -0.1) is 0 Å². The van der Waals surface area contributed by atoms with E-state index in [1.54, 1.807) is 11.0 Å². The summed E-state index contributed by atoms with van der Waals surface area (Å²) in [6.07, 6.45) is 1.38. The van der Waals surface area contributed by atoms with Crippen LogP contribution >= 0.6 is 0 Å². The number of carbonyl (C=O) groups excluding carboxylic acids is 1. The second kappa shape index (κ2) is 5.95. The topological polar surface area (TPSA) is 54.5 Å². The Labute approximate surface area is 120 Å². The van der Waals surface area contributed by atoms with Crippen molar-refractivity contribution in [3.05, 3.63) is 35.4 Å². The van der Waals surface area contributed by atoms with Crippen molar-refractivity contribution in [2.45, 2.75) is 32.7 Å². The summed E-state index contributed by atoms with van der Waals surface area (Å²) in [5.74, 6) is 0.237. The summed E-state index contributed by atoms with van der Waals surface area (Å²) < 4.78 is 23.2. The Morgan fingerprint density at radius 3 is 2.70 bits per heavy atom. The van der Waals surface area contributed by atoms with Gasteiger partial charge in [-0.05, 0) is 31.9 Å². The molecule has 1 heterocycles. The third-order valence-corrected chi connectivity index (χ3v) is 5.39. The molecule has 1 aliphatic rings. The van der Waals surface area contributed by atoms with Gasteiger partial charge in [0.25, 0.3) is 5.91 Å². The molecular weight excluding hydrogens is 274 g/mol. The molecule has 0 N–H and O–H groups in total. The molecule has 110 valence electrons. The lowest BCUT2D eigenvalue weighted by Gasteiger charge is -2.28. The molecule has 1 amide bonds. The minimum Gasteiger partial charge on any atom is -0.335 e. The van der Waals surface area contributed by atoms with Gasteiger partial charge in [0.05, 0.1) is 11.5 Å². The van der Waals surface area contributed by atoms with E-state index in [1.165, 1.54) is 0 Å². The van der Waals surface area contributed by atoms with Crippen molar-refractivity contribution in [1.82, 2.24) is 4.90 Å². The second-order valence-corrected chi connectivity index (χ2v) is 7.65. The van der Waals surface area contributed by atoms with Crippen molar-refractivity contribution >= 4 is 15.7 Å². The van der Waals surface area contributed by atoms with Crippen LogP contribution in [0.2, 0.25) is 0 Å². The first-order chi connectivity index (χ1) is 9.43. The van der Waals surface area contributed by atoms with Crippen molar-refractivity contribution in [3.8, 4) is 0 Å². The minimum atomic E-state index is -2.98. The van der Waals surface area contributed by atoms with Crippen molar-refractivity contribution in [2.24, 2.45) is 0 Å². The third-order valence-electron chi connectivity index (χ3n) is 3.64. The maximum atomic E-state index is 12.6. The van der Waals surface area contributed by atoms with E-state index in [1.807, 2.05) is 32.0 Å². The Hall–Kier alpha value is -1.36. The van der Waals surface area contributed by atoms with Crippen LogP contribution in [0.25, 0.3) is 0 Å². The van der Waals surface area contributed by atoms with E-state index in [2.05, 4.69) is 0 Å². The predicted octanol–water partition coefficient (Wildman–Crippen LogP) is 2.03. The number of aryl methyl sites for hydroxylation is 1. The minimum absolute atomic E-state index is 0.0577. The SMILES string of the molecule is CCCN(C(=O)c1cccc(C)c1)[C@@H]1CCS(=O)(=O)C1. The van der Waals surface area contributed by atoms with Gasteiger partial charge in [-0.3, -0.25) is 4.79 Å². The summed E-state index contributed by atoms with van der Waals surface area (Å²) in [5, 5.41) is 0. The number of hydrogen-bond donors (Lipinski definition) is 0. The Kier molecular flexibility index (Phi) is 4.48. The Balaban J connectivity index is 2.22. The fourth-order valence-corrected chi connectivity index (χ4v) is 4.39. The summed E-state index contributed by atoms with van der Waals surface area (Å²) >= 11 is 0. The summed E-state index contributed by atoms with van der Waals surface area (Å²) in [5.41, 5.74) is 1.68. The van der Waals surface area contributed by atoms with Crippen molar-refractivity contribution in [3.63, 3.8) is 0 Å². The Bertz CT molecular complexity index is 595. The maximum absolute atomic E-state index is 12.6. The predicted molar refractivity (Wildman–Crippen MR) is 79.6 cm³/mol. The van der Waals surface area contributed by atoms with Crippen LogP contribution in [-0.4, -0.2) is 43.3 Å². The monoisotopic (exact) mass is 295 g/mol. The highest BCUT2D eigenvalue weighted by Crippen LogP contribution is 2.20. The zero-order chi connectivity index (χ0) is 14.8. The summed E-state index contributed by atoms with van der Waals surface area (Å²) in [6.45, 7) is 4.55. The summed E-state index contributed by atoms with van der Waals surface area (Å²) in [4.78, 5) is 14.4. The summed E-state index contributed by atoms with van der Waals surface area (Å²) in [7, 11) is -2.98. The molecule has 20 heavy (non-hydrogen) atoms. The zero-order valence-corrected chi connectivity index (χ0v) is 12.8. The van der Waals surface area contributed by atoms with Crippen molar-refractivity contribution < 1.29 is 13.2 Å². The summed E-state index contributed by atoms with van der Waals surface area (Å²) in [6, 6.07) is 7.28. The molecule has 1 aromatic rings. The van der Waals surface area contributed by atoms with Crippen LogP contribution in [0.4, 0.5) is 0 Å². The number of hydrogen-bond acceptors (Lipinski definition) is 3. The normalized spacial score (nSPS) is 20.8. The highest BCUT2D eigenvalue weighted by molar-refractivity contribution is 7.91. The van der Waals surface area contributed by atoms with Crippen LogP contribution in [0.3, 0.4) is 0 Å². The van der Waals surface area contributed by atoms with Gasteiger partial charge in [-0.1, -0.05) is 24.6 Å². The number of sulfone groups is 1. The van der Waals surface area contributed by atoms with E-state index in [4.69, 9.17) is 0 Å². The molecule has 1 aliphatic heterocycles. The van der Waals surface area contributed by atoms with Gasteiger partial charge in [0.15, 0.2) is 9.84 Å². The number of rotatable bonds is 4. The Morgan fingerprint density at radius 2 is 2.15 bits per heavy atom. The molecule has 1 saturated heterocycles. The van der Waals surface area contributed by atoms with Crippen LogP contribution in [-0.2, 0) is 9.84 Å². The van der Waals surface area contributed by atoms with Crippen LogP contribution < -0.4 is 0 Å². The second-order valence-electron chi connectivity index (χ2n) is 5.42. The smallest absolute Gasteiger partial charge is 0.254 e. The van der Waals surface area contributed by atoms with Crippen LogP contribution in [0.5, 0.6) is 0 Å². The first kappa shape index (κ1) is 15.0. The standard InChI is InChI=1S/C15H21NO3S/c1-3-8-16(14-7-9-20(18,19)11-14)15(17)13-6-4-5-12(2)10-13/h4-6,10,14H,3,7-9,11H2,1-2H3/t14-/m1/s1. The highest BCUT2D eigenvalue weighted by atomic mass is 32.2. The van der Waals surface area contributed by atoms with E-state index in [0.29, 0.717) is 18.5 Å². The Morgan fingerprint density at radius 1 is 1.40 bits per heavy atom. The molecule has 0 unspecified atom stereocenters. The molecule has 5 heteroatoms. The van der Waals surface area contributed by atoms with Crippen LogP contribution in [0.1, 0.15) is 35.7 Å². The average Bonchev–Trinajstić information content (AvgIpc) is 2.75. The van der Waals surface area contributed by atoms with E-state index >= 15 is 0 Å². The third kappa shape index (κ3) is 3.39. The molecular formula is C15H21NO3S. The number of carbonyl (C=O) groups is 1. The van der Waals surface area contributed by atoms with Gasteiger partial charge in [-0.2, -0.15) is 0 Å². The average molecular weight is 295 g/mol. The molecule has 0 saturated carbocycles. The molecule has 1 atom stereocenters. The molecule has 1 fully saturated rings. The van der Waals surface area contributed by atoms with Crippen molar-refractivity contribution in [2.75, 3.05) is 18.1 Å². The van der Waals surface area contributed by atoms with Gasteiger partial charge in [0.2, 0.25) is 0 Å². The first-order valence-corrected chi connectivity index (χ1v) is 8.83. The van der Waals surface area contributed by atoms with E-state index in [-0.39, 0.29) is 23.5 Å². The zero-order valence-electron chi connectivity index (χ0n) is 12.0. The van der Waals surface area contributed by atoms with Gasteiger partial charge >= 0.3 is 0 Å². The molecule has 1 aromatic carbocycles. The number of amides is 1. The molecule has 0 aromatic heterocycles. The maximum Gasteiger partial charge on any atom is 0.254 e. The molecule has 4 nitrogen and oxygen atoms in total. The van der Waals surface area contributed by atoms with Gasteiger partial charge in [0, 0.05) is 18.2 Å². The quantitative estimate of drug-likeness (QED) is 0.854. The molecule has 0 bridgehead atoms. The molecule has 2 rings (SSSR count). The van der Waals surface area contributed by atoms with Gasteiger partial charge < -0.3 is 4.90 Å². The van der Waals surface area contributed by atoms with Crippen LogP contribution in [0.15, 0.2) is 24.3 Å². The lowest BCUT2D eigenvalue weighted by atomic mass is 10.1. The first-order valence-electron chi connectivity index (χ1n) is 7.01. The fraction of sp³-hybridized carbons (Fsp3) is 0.533. The largest absolute Gasteiger partial charge is 0.335 e. The molecule has 0 radical (unpaired) electrons. The van der Waals surface area contributed by atoms with Crippen molar-refractivity contribution in [1.29, 1.82) is 0 Å². The van der Waals surface area contributed by atoms with Gasteiger partial charge in [0.1, 0.15) is 0 Å².